The lowest BCUT2D eigenvalue weighted by Gasteiger charge is -2.24. The van der Waals surface area contributed by atoms with E-state index in [1.807, 2.05) is 6.07 Å². The number of benzene rings is 1. The van der Waals surface area contributed by atoms with Crippen LogP contribution in [0.2, 0.25) is 0 Å². The summed E-state index contributed by atoms with van der Waals surface area (Å²) >= 11 is 0.986. The molecule has 0 aliphatic heterocycles. The SMILES string of the molecule is CC(C)N(CCC#N)S(=O)(=O)c1cccc2nsnc12. The Hall–Kier alpha value is -1.56. The van der Waals surface area contributed by atoms with Gasteiger partial charge in [0.15, 0.2) is 0 Å². The third kappa shape index (κ3) is 2.65. The number of fused-ring (bicyclic) bond motifs is 1. The van der Waals surface area contributed by atoms with E-state index >= 15 is 0 Å². The minimum Gasteiger partial charge on any atom is -0.207 e. The molecule has 2 rings (SSSR count). The van der Waals surface area contributed by atoms with Crippen LogP contribution in [-0.2, 0) is 10.0 Å². The van der Waals surface area contributed by atoms with Gasteiger partial charge in [0.05, 0.1) is 17.8 Å². The molecule has 0 aliphatic rings. The maximum absolute atomic E-state index is 12.7. The van der Waals surface area contributed by atoms with Gasteiger partial charge in [-0.3, -0.25) is 0 Å². The predicted octanol–water partition coefficient (Wildman–Crippen LogP) is 2.00. The van der Waals surface area contributed by atoms with Crippen molar-refractivity contribution in [3.63, 3.8) is 0 Å². The topological polar surface area (TPSA) is 87.0 Å². The van der Waals surface area contributed by atoms with Crippen molar-refractivity contribution in [3.05, 3.63) is 18.2 Å². The third-order valence-electron chi connectivity index (χ3n) is 2.86. The number of hydrogen-bond acceptors (Lipinski definition) is 6. The number of aromatic nitrogens is 2. The van der Waals surface area contributed by atoms with Crippen LogP contribution in [0.5, 0.6) is 0 Å². The number of nitriles is 1. The maximum atomic E-state index is 12.7. The van der Waals surface area contributed by atoms with Crippen molar-refractivity contribution in [2.75, 3.05) is 6.54 Å². The fourth-order valence-electron chi connectivity index (χ4n) is 1.93. The van der Waals surface area contributed by atoms with Crippen LogP contribution in [0.15, 0.2) is 23.1 Å². The van der Waals surface area contributed by atoms with E-state index in [1.165, 1.54) is 10.4 Å². The Kier molecular flexibility index (Phi) is 4.32. The molecule has 20 heavy (non-hydrogen) atoms. The smallest absolute Gasteiger partial charge is 0.207 e. The van der Waals surface area contributed by atoms with E-state index in [9.17, 15) is 8.42 Å². The Morgan fingerprint density at radius 2 is 2.15 bits per heavy atom. The van der Waals surface area contributed by atoms with Crippen molar-refractivity contribution in [1.82, 2.24) is 13.1 Å². The van der Waals surface area contributed by atoms with Crippen molar-refractivity contribution < 1.29 is 8.42 Å². The summed E-state index contributed by atoms with van der Waals surface area (Å²) in [4.78, 5) is 0.149. The molecular weight excluding hydrogens is 296 g/mol. The van der Waals surface area contributed by atoms with Crippen LogP contribution >= 0.6 is 11.7 Å². The number of rotatable bonds is 5. The molecule has 0 aliphatic carbocycles. The zero-order valence-electron chi connectivity index (χ0n) is 11.1. The molecule has 0 amide bonds. The Morgan fingerprint density at radius 3 is 2.80 bits per heavy atom. The van der Waals surface area contributed by atoms with Crippen LogP contribution in [0.1, 0.15) is 20.3 Å². The first-order chi connectivity index (χ1) is 9.48. The Labute approximate surface area is 122 Å². The largest absolute Gasteiger partial charge is 0.245 e. The second-order valence-electron chi connectivity index (χ2n) is 4.51. The quantitative estimate of drug-likeness (QED) is 0.843. The lowest BCUT2D eigenvalue weighted by Crippen LogP contribution is -2.37. The first-order valence-corrected chi connectivity index (χ1v) is 8.25. The molecule has 106 valence electrons. The number of hydrogen-bond donors (Lipinski definition) is 0. The normalized spacial score (nSPS) is 12.2. The summed E-state index contributed by atoms with van der Waals surface area (Å²) in [6.45, 7) is 3.74. The minimum atomic E-state index is -3.68. The average molecular weight is 310 g/mol. The lowest BCUT2D eigenvalue weighted by atomic mass is 10.3. The number of sulfonamides is 1. The summed E-state index contributed by atoms with van der Waals surface area (Å²) < 4.78 is 34.9. The van der Waals surface area contributed by atoms with E-state index < -0.39 is 10.0 Å². The zero-order valence-corrected chi connectivity index (χ0v) is 12.8. The van der Waals surface area contributed by atoms with E-state index in [4.69, 9.17) is 5.26 Å². The average Bonchev–Trinajstić information content (AvgIpc) is 2.86. The molecular formula is C12H14N4O2S2. The van der Waals surface area contributed by atoms with Gasteiger partial charge < -0.3 is 0 Å². The van der Waals surface area contributed by atoms with Gasteiger partial charge in [-0.1, -0.05) is 6.07 Å². The molecule has 0 fully saturated rings. The van der Waals surface area contributed by atoms with Crippen LogP contribution in [-0.4, -0.2) is 34.1 Å². The number of nitrogens with zero attached hydrogens (tertiary/aromatic N) is 4. The molecule has 0 unspecified atom stereocenters. The first-order valence-electron chi connectivity index (χ1n) is 6.08. The van der Waals surface area contributed by atoms with Gasteiger partial charge in [-0.15, -0.1) is 0 Å². The molecule has 1 aromatic carbocycles. The van der Waals surface area contributed by atoms with Crippen LogP contribution in [0.4, 0.5) is 0 Å². The summed E-state index contributed by atoms with van der Waals surface area (Å²) in [5.74, 6) is 0. The van der Waals surface area contributed by atoms with Crippen LogP contribution in [0, 0.1) is 11.3 Å². The van der Waals surface area contributed by atoms with E-state index in [1.54, 1.807) is 26.0 Å². The summed E-state index contributed by atoms with van der Waals surface area (Å²) in [5.41, 5.74) is 0.958. The van der Waals surface area contributed by atoms with Gasteiger partial charge in [0, 0.05) is 19.0 Å². The van der Waals surface area contributed by atoms with Crippen molar-refractivity contribution in [2.24, 2.45) is 0 Å². The summed E-state index contributed by atoms with van der Waals surface area (Å²) in [5, 5.41) is 8.68. The molecule has 0 saturated carbocycles. The standard InChI is InChI=1S/C12H14N4O2S2/c1-9(2)16(8-4-7-13)20(17,18)11-6-3-5-10-12(11)15-19-14-10/h3,5-6,9H,4,8H2,1-2H3. The van der Waals surface area contributed by atoms with Crippen LogP contribution < -0.4 is 0 Å². The van der Waals surface area contributed by atoms with E-state index in [0.717, 1.165) is 11.7 Å². The maximum Gasteiger partial charge on any atom is 0.245 e. The van der Waals surface area contributed by atoms with Gasteiger partial charge >= 0.3 is 0 Å². The van der Waals surface area contributed by atoms with Crippen LogP contribution in [0.25, 0.3) is 11.0 Å². The first kappa shape index (κ1) is 14.8. The molecule has 0 spiro atoms. The molecule has 0 atom stereocenters. The highest BCUT2D eigenvalue weighted by atomic mass is 32.2. The summed E-state index contributed by atoms with van der Waals surface area (Å²) in [7, 11) is -3.68. The molecule has 0 saturated heterocycles. The van der Waals surface area contributed by atoms with Gasteiger partial charge in [-0.2, -0.15) is 18.3 Å². The van der Waals surface area contributed by atoms with Crippen molar-refractivity contribution in [3.8, 4) is 6.07 Å². The third-order valence-corrected chi connectivity index (χ3v) is 5.51. The fourth-order valence-corrected chi connectivity index (χ4v) is 4.32. The van der Waals surface area contributed by atoms with Gasteiger partial charge in [-0.05, 0) is 26.0 Å². The summed E-state index contributed by atoms with van der Waals surface area (Å²) in [6, 6.07) is 6.66. The Morgan fingerprint density at radius 1 is 1.40 bits per heavy atom. The van der Waals surface area contributed by atoms with E-state index in [2.05, 4.69) is 8.75 Å². The highest BCUT2D eigenvalue weighted by molar-refractivity contribution is 7.89. The van der Waals surface area contributed by atoms with Gasteiger partial charge in [0.25, 0.3) is 0 Å². The molecule has 1 heterocycles. The van der Waals surface area contributed by atoms with Crippen molar-refractivity contribution >= 4 is 32.8 Å². The highest BCUT2D eigenvalue weighted by Gasteiger charge is 2.29. The van der Waals surface area contributed by atoms with Gasteiger partial charge in [0.1, 0.15) is 15.9 Å². The molecule has 2 aromatic rings. The molecule has 8 heteroatoms. The second kappa shape index (κ2) is 5.83. The summed E-state index contributed by atoms with van der Waals surface area (Å²) in [6.07, 6.45) is 0.155. The molecule has 1 aromatic heterocycles. The Balaban J connectivity index is 2.53. The predicted molar refractivity (Wildman–Crippen MR) is 76.7 cm³/mol. The highest BCUT2D eigenvalue weighted by Crippen LogP contribution is 2.25. The van der Waals surface area contributed by atoms with E-state index in [0.29, 0.717) is 11.0 Å². The Bertz CT molecular complexity index is 746. The molecule has 0 N–H and O–H groups in total. The van der Waals surface area contributed by atoms with E-state index in [-0.39, 0.29) is 23.9 Å². The minimum absolute atomic E-state index is 0.149. The monoisotopic (exact) mass is 310 g/mol. The van der Waals surface area contributed by atoms with Gasteiger partial charge in [0.2, 0.25) is 10.0 Å². The lowest BCUT2D eigenvalue weighted by molar-refractivity contribution is 0.360. The van der Waals surface area contributed by atoms with Crippen molar-refractivity contribution in [2.45, 2.75) is 31.2 Å². The van der Waals surface area contributed by atoms with Crippen LogP contribution in [0.3, 0.4) is 0 Å². The second-order valence-corrected chi connectivity index (χ2v) is 6.89. The zero-order chi connectivity index (χ0) is 14.8. The van der Waals surface area contributed by atoms with Gasteiger partial charge in [-0.25, -0.2) is 8.42 Å². The molecule has 6 nitrogen and oxygen atoms in total. The fraction of sp³-hybridized carbons (Fsp3) is 0.417. The van der Waals surface area contributed by atoms with Crippen molar-refractivity contribution in [1.29, 1.82) is 5.26 Å². The molecule has 0 bridgehead atoms. The molecule has 0 radical (unpaired) electrons.